The van der Waals surface area contributed by atoms with Crippen molar-refractivity contribution in [2.24, 2.45) is 0 Å². The van der Waals surface area contributed by atoms with Crippen molar-refractivity contribution in [2.45, 2.75) is 12.7 Å². The van der Waals surface area contributed by atoms with E-state index in [1.807, 2.05) is 0 Å². The molecule has 0 aliphatic heterocycles. The molecular weight excluding hydrogens is 339 g/mol. The lowest BCUT2D eigenvalue weighted by atomic mass is 10.1. The summed E-state index contributed by atoms with van der Waals surface area (Å²) in [5.74, 6) is -1.76. The Labute approximate surface area is 139 Å². The lowest BCUT2D eigenvalue weighted by molar-refractivity contribution is -0.159. The average Bonchev–Trinajstić information content (AvgIpc) is 3.24. The van der Waals surface area contributed by atoms with Crippen molar-refractivity contribution in [1.82, 2.24) is 25.2 Å². The molecule has 0 saturated heterocycles. The molecule has 0 saturated carbocycles. The second-order valence-corrected chi connectivity index (χ2v) is 5.12. The summed E-state index contributed by atoms with van der Waals surface area (Å²) < 4.78 is 43.2. The number of amides is 1. The quantitative estimate of drug-likeness (QED) is 0.780. The zero-order valence-electron chi connectivity index (χ0n) is 12.9. The Morgan fingerprint density at radius 1 is 1.28 bits per heavy atom. The molecule has 0 radical (unpaired) electrons. The summed E-state index contributed by atoms with van der Waals surface area (Å²) in [6, 6.07) is 6.59. The first-order valence-corrected chi connectivity index (χ1v) is 7.11. The summed E-state index contributed by atoms with van der Waals surface area (Å²) in [6.45, 7) is 0.400. The molecule has 3 aromatic rings. The molecule has 1 amide bonds. The summed E-state index contributed by atoms with van der Waals surface area (Å²) in [5, 5.41) is 9.91. The van der Waals surface area contributed by atoms with Crippen molar-refractivity contribution in [3.8, 4) is 11.4 Å². The van der Waals surface area contributed by atoms with Crippen LogP contribution in [0.2, 0.25) is 0 Å². The van der Waals surface area contributed by atoms with Crippen LogP contribution in [0.25, 0.3) is 11.4 Å². The first-order valence-electron chi connectivity index (χ1n) is 7.11. The van der Waals surface area contributed by atoms with E-state index in [4.69, 9.17) is 0 Å². The van der Waals surface area contributed by atoms with Gasteiger partial charge in [0.2, 0.25) is 5.82 Å². The van der Waals surface area contributed by atoms with Crippen LogP contribution in [-0.4, -0.2) is 32.9 Å². The second kappa shape index (κ2) is 6.38. The topological polar surface area (TPSA) is 85.8 Å². The van der Waals surface area contributed by atoms with Crippen LogP contribution >= 0.6 is 0 Å². The number of carbonyl (C=O) groups excluding carboxylic acids is 1. The van der Waals surface area contributed by atoms with Crippen LogP contribution in [0, 0.1) is 0 Å². The first kappa shape index (κ1) is 16.7. The van der Waals surface area contributed by atoms with Gasteiger partial charge >= 0.3 is 12.1 Å². The van der Waals surface area contributed by atoms with E-state index < -0.39 is 12.1 Å². The molecule has 0 fully saturated rings. The van der Waals surface area contributed by atoms with E-state index in [2.05, 4.69) is 25.1 Å². The number of alkyl halides is 3. The molecule has 0 unspecified atom stereocenters. The summed E-state index contributed by atoms with van der Waals surface area (Å²) in [7, 11) is 1.53. The molecule has 0 spiro atoms. The standard InChI is InChI=1S/C15H12F3N5O2/c1-19-13(24)11-6-20-23(8-11)7-9-2-4-10(5-3-9)12-21-14(25-22-12)15(16,17)18/h2-6,8H,7H2,1H3,(H,19,24). The predicted octanol–water partition coefficient (Wildman–Crippen LogP) is 2.36. The Kier molecular flexibility index (Phi) is 4.26. The number of hydrogen-bond acceptors (Lipinski definition) is 5. The Bertz CT molecular complexity index is 883. The van der Waals surface area contributed by atoms with Gasteiger partial charge in [-0.1, -0.05) is 29.4 Å². The van der Waals surface area contributed by atoms with Gasteiger partial charge in [-0.2, -0.15) is 23.3 Å². The molecule has 1 N–H and O–H groups in total. The third-order valence-electron chi connectivity index (χ3n) is 3.35. The number of halogens is 3. The molecule has 0 bridgehead atoms. The highest BCUT2D eigenvalue weighted by molar-refractivity contribution is 5.93. The van der Waals surface area contributed by atoms with Gasteiger partial charge in [0.25, 0.3) is 5.91 Å². The van der Waals surface area contributed by atoms with Crippen LogP contribution in [0.4, 0.5) is 13.2 Å². The van der Waals surface area contributed by atoms with Crippen molar-refractivity contribution in [3.05, 3.63) is 53.7 Å². The molecule has 2 aromatic heterocycles. The minimum absolute atomic E-state index is 0.139. The molecule has 130 valence electrons. The molecule has 0 atom stereocenters. The minimum atomic E-state index is -4.67. The van der Waals surface area contributed by atoms with E-state index in [0.717, 1.165) is 5.56 Å². The smallest absolute Gasteiger partial charge is 0.355 e. The Balaban J connectivity index is 1.73. The van der Waals surface area contributed by atoms with Crippen molar-refractivity contribution in [1.29, 1.82) is 0 Å². The van der Waals surface area contributed by atoms with Gasteiger partial charge in [0.05, 0.1) is 18.3 Å². The monoisotopic (exact) mass is 351 g/mol. The summed E-state index contributed by atoms with van der Waals surface area (Å²) in [4.78, 5) is 14.8. The van der Waals surface area contributed by atoms with E-state index in [-0.39, 0.29) is 11.7 Å². The number of hydrogen-bond donors (Lipinski definition) is 1. The second-order valence-electron chi connectivity index (χ2n) is 5.12. The van der Waals surface area contributed by atoms with Gasteiger partial charge in [-0.3, -0.25) is 9.48 Å². The lowest BCUT2D eigenvalue weighted by Crippen LogP contribution is -2.16. The van der Waals surface area contributed by atoms with Crippen molar-refractivity contribution in [2.75, 3.05) is 7.05 Å². The van der Waals surface area contributed by atoms with E-state index in [1.54, 1.807) is 35.1 Å². The number of carbonyl (C=O) groups is 1. The molecule has 7 nitrogen and oxygen atoms in total. The Morgan fingerprint density at radius 3 is 2.60 bits per heavy atom. The summed E-state index contributed by atoms with van der Waals surface area (Å²) in [6.07, 6.45) is -1.62. The van der Waals surface area contributed by atoms with Gasteiger partial charge in [-0.25, -0.2) is 0 Å². The SMILES string of the molecule is CNC(=O)c1cnn(Cc2ccc(-c3noc(C(F)(F)F)n3)cc2)c1. The lowest BCUT2D eigenvalue weighted by Gasteiger charge is -2.02. The fourth-order valence-corrected chi connectivity index (χ4v) is 2.11. The maximum absolute atomic E-state index is 12.5. The highest BCUT2D eigenvalue weighted by atomic mass is 19.4. The highest BCUT2D eigenvalue weighted by Gasteiger charge is 2.38. The summed E-state index contributed by atoms with van der Waals surface area (Å²) >= 11 is 0. The van der Waals surface area contributed by atoms with E-state index in [1.165, 1.54) is 13.2 Å². The van der Waals surface area contributed by atoms with Gasteiger partial charge in [-0.05, 0) is 5.56 Å². The zero-order chi connectivity index (χ0) is 18.0. The zero-order valence-corrected chi connectivity index (χ0v) is 12.9. The highest BCUT2D eigenvalue weighted by Crippen LogP contribution is 2.29. The van der Waals surface area contributed by atoms with Gasteiger partial charge < -0.3 is 9.84 Å². The average molecular weight is 351 g/mol. The van der Waals surface area contributed by atoms with Crippen molar-refractivity contribution in [3.63, 3.8) is 0 Å². The molecule has 0 aliphatic rings. The third kappa shape index (κ3) is 3.67. The Morgan fingerprint density at radius 2 is 2.00 bits per heavy atom. The molecular formula is C15H12F3N5O2. The maximum Gasteiger partial charge on any atom is 0.471 e. The van der Waals surface area contributed by atoms with Gasteiger partial charge in [0.15, 0.2) is 0 Å². The van der Waals surface area contributed by atoms with Crippen LogP contribution < -0.4 is 5.32 Å². The van der Waals surface area contributed by atoms with Crippen molar-refractivity contribution < 1.29 is 22.5 Å². The van der Waals surface area contributed by atoms with Crippen LogP contribution in [0.1, 0.15) is 21.8 Å². The maximum atomic E-state index is 12.5. The van der Waals surface area contributed by atoms with Gasteiger partial charge in [0, 0.05) is 18.8 Å². The normalized spacial score (nSPS) is 11.5. The fraction of sp³-hybridized carbons (Fsp3) is 0.200. The molecule has 3 rings (SSSR count). The molecule has 0 aliphatic carbocycles. The molecule has 25 heavy (non-hydrogen) atoms. The van der Waals surface area contributed by atoms with E-state index >= 15 is 0 Å². The van der Waals surface area contributed by atoms with Gasteiger partial charge in [-0.15, -0.1) is 0 Å². The number of aromatic nitrogens is 4. The minimum Gasteiger partial charge on any atom is -0.355 e. The van der Waals surface area contributed by atoms with E-state index in [0.29, 0.717) is 17.7 Å². The Hall–Kier alpha value is -3.17. The first-order chi connectivity index (χ1) is 11.9. The predicted molar refractivity (Wildman–Crippen MR) is 79.5 cm³/mol. The van der Waals surface area contributed by atoms with Crippen LogP contribution in [0.3, 0.4) is 0 Å². The fourth-order valence-electron chi connectivity index (χ4n) is 2.11. The number of benzene rings is 1. The number of nitrogens with one attached hydrogen (secondary N) is 1. The van der Waals surface area contributed by atoms with E-state index in [9.17, 15) is 18.0 Å². The summed E-state index contributed by atoms with van der Waals surface area (Å²) in [5.41, 5.74) is 1.68. The van der Waals surface area contributed by atoms with Crippen LogP contribution in [-0.2, 0) is 12.7 Å². The van der Waals surface area contributed by atoms with Crippen LogP contribution in [0.5, 0.6) is 0 Å². The van der Waals surface area contributed by atoms with Gasteiger partial charge in [0.1, 0.15) is 0 Å². The largest absolute Gasteiger partial charge is 0.471 e. The third-order valence-corrected chi connectivity index (χ3v) is 3.35. The molecule has 1 aromatic carbocycles. The molecule has 2 heterocycles. The van der Waals surface area contributed by atoms with Crippen molar-refractivity contribution >= 4 is 5.91 Å². The number of rotatable bonds is 4. The number of nitrogens with zero attached hydrogens (tertiary/aromatic N) is 4. The van der Waals surface area contributed by atoms with Crippen LogP contribution in [0.15, 0.2) is 41.2 Å². The molecule has 10 heteroatoms.